The van der Waals surface area contributed by atoms with Crippen LogP contribution in [-0.4, -0.2) is 19.7 Å². The lowest BCUT2D eigenvalue weighted by molar-refractivity contribution is -0.141. The Morgan fingerprint density at radius 3 is 1.97 bits per heavy atom. The quantitative estimate of drug-likeness (QED) is 0.325. The predicted molar refractivity (Wildman–Crippen MR) is 108 cm³/mol. The highest BCUT2D eigenvalue weighted by atomic mass is 19.4. The van der Waals surface area contributed by atoms with E-state index in [9.17, 15) is 30.7 Å². The van der Waals surface area contributed by atoms with Crippen molar-refractivity contribution in [1.29, 1.82) is 0 Å². The second-order valence-corrected chi connectivity index (χ2v) is 7.98. The molecule has 0 amide bonds. The van der Waals surface area contributed by atoms with Gasteiger partial charge in [0.15, 0.2) is 11.5 Å². The van der Waals surface area contributed by atoms with Crippen LogP contribution >= 0.6 is 0 Å². The monoisotopic (exact) mass is 480 g/mol. The van der Waals surface area contributed by atoms with E-state index in [1.54, 1.807) is 0 Å². The molecular formula is C23H15F7N4. The van der Waals surface area contributed by atoms with Crippen molar-refractivity contribution >= 4 is 0 Å². The maximum atomic E-state index is 14.5. The number of hydrogen-bond acceptors (Lipinski definition) is 3. The van der Waals surface area contributed by atoms with Gasteiger partial charge in [0.2, 0.25) is 0 Å². The fourth-order valence-corrected chi connectivity index (χ4v) is 3.31. The van der Waals surface area contributed by atoms with Crippen LogP contribution in [0.5, 0.6) is 0 Å². The summed E-state index contributed by atoms with van der Waals surface area (Å²) in [5.41, 5.74) is -2.69. The van der Waals surface area contributed by atoms with E-state index in [-0.39, 0.29) is 28.5 Å². The number of benzene rings is 1. The first-order valence-electron chi connectivity index (χ1n) is 9.79. The van der Waals surface area contributed by atoms with E-state index in [4.69, 9.17) is 0 Å². The molecule has 0 radical (unpaired) electrons. The number of hydrogen-bond donors (Lipinski definition) is 0. The van der Waals surface area contributed by atoms with Gasteiger partial charge in [-0.1, -0.05) is 0 Å². The van der Waals surface area contributed by atoms with Gasteiger partial charge in [-0.3, -0.25) is 4.98 Å². The number of pyridine rings is 2. The molecule has 0 spiro atoms. The minimum absolute atomic E-state index is 0.00943. The summed E-state index contributed by atoms with van der Waals surface area (Å²) in [6, 6.07) is 7.39. The third-order valence-corrected chi connectivity index (χ3v) is 5.17. The molecule has 0 atom stereocenters. The summed E-state index contributed by atoms with van der Waals surface area (Å²) in [6.07, 6.45) is -3.71. The van der Waals surface area contributed by atoms with Gasteiger partial charge >= 0.3 is 6.18 Å². The molecule has 0 saturated heterocycles. The first kappa shape index (κ1) is 23.4. The molecule has 0 aliphatic carbocycles. The molecule has 3 aromatic heterocycles. The van der Waals surface area contributed by atoms with Crippen LogP contribution in [-0.2, 0) is 11.6 Å². The van der Waals surface area contributed by atoms with Gasteiger partial charge in [0.25, 0.3) is 0 Å². The molecule has 0 bridgehead atoms. The molecule has 4 aromatic rings. The Hall–Kier alpha value is -3.76. The van der Waals surface area contributed by atoms with Gasteiger partial charge in [-0.05, 0) is 44.2 Å². The van der Waals surface area contributed by atoms with Crippen molar-refractivity contribution in [2.45, 2.75) is 25.4 Å². The van der Waals surface area contributed by atoms with Crippen LogP contribution in [0.25, 0.3) is 17.1 Å². The van der Waals surface area contributed by atoms with Crippen LogP contribution in [0.1, 0.15) is 30.9 Å². The van der Waals surface area contributed by atoms with Crippen LogP contribution in [0.2, 0.25) is 0 Å². The van der Waals surface area contributed by atoms with Crippen LogP contribution in [0.3, 0.4) is 0 Å². The molecule has 0 fully saturated rings. The molecule has 176 valence electrons. The summed E-state index contributed by atoms with van der Waals surface area (Å²) in [7, 11) is 0. The van der Waals surface area contributed by atoms with E-state index in [0.29, 0.717) is 6.07 Å². The van der Waals surface area contributed by atoms with Crippen molar-refractivity contribution in [2.75, 3.05) is 0 Å². The Bertz CT molecular complexity index is 1380. The normalized spacial score (nSPS) is 12.3. The van der Waals surface area contributed by atoms with Crippen molar-refractivity contribution in [3.05, 3.63) is 95.1 Å². The van der Waals surface area contributed by atoms with Crippen molar-refractivity contribution in [3.63, 3.8) is 0 Å². The molecule has 0 saturated carbocycles. The second kappa shape index (κ2) is 8.23. The summed E-state index contributed by atoms with van der Waals surface area (Å²) < 4.78 is 95.8. The minimum atomic E-state index is -4.70. The molecule has 11 heteroatoms. The van der Waals surface area contributed by atoms with Gasteiger partial charge in [0.1, 0.15) is 23.3 Å². The maximum absolute atomic E-state index is 14.5. The molecule has 0 aliphatic heterocycles. The summed E-state index contributed by atoms with van der Waals surface area (Å²) in [5.74, 6) is -3.61. The van der Waals surface area contributed by atoms with Crippen LogP contribution in [0.4, 0.5) is 30.7 Å². The van der Waals surface area contributed by atoms with Crippen molar-refractivity contribution in [2.24, 2.45) is 0 Å². The Balaban J connectivity index is 1.79. The highest BCUT2D eigenvalue weighted by Crippen LogP contribution is 2.33. The van der Waals surface area contributed by atoms with Crippen LogP contribution in [0, 0.1) is 23.3 Å². The van der Waals surface area contributed by atoms with E-state index in [2.05, 4.69) is 15.1 Å². The van der Waals surface area contributed by atoms with E-state index >= 15 is 0 Å². The van der Waals surface area contributed by atoms with E-state index in [1.807, 2.05) is 0 Å². The molecular weight excluding hydrogens is 465 g/mol. The zero-order valence-corrected chi connectivity index (χ0v) is 17.6. The Morgan fingerprint density at radius 1 is 0.706 bits per heavy atom. The molecule has 34 heavy (non-hydrogen) atoms. The Morgan fingerprint density at radius 2 is 1.35 bits per heavy atom. The zero-order valence-electron chi connectivity index (χ0n) is 17.6. The third-order valence-electron chi connectivity index (χ3n) is 5.17. The van der Waals surface area contributed by atoms with Gasteiger partial charge < -0.3 is 0 Å². The highest BCUT2D eigenvalue weighted by Gasteiger charge is 2.34. The van der Waals surface area contributed by atoms with E-state index < -0.39 is 40.6 Å². The Kier molecular flexibility index (Phi) is 5.66. The SMILES string of the molecule is CC(C)(c1cc(F)cc(-c2ccc(F)cc2F)n1)c1cc(F)cc(-n2ccc(C(F)(F)F)n2)n1. The largest absolute Gasteiger partial charge is 0.435 e. The van der Waals surface area contributed by atoms with Gasteiger partial charge in [-0.15, -0.1) is 0 Å². The van der Waals surface area contributed by atoms with Gasteiger partial charge in [-0.25, -0.2) is 27.2 Å². The summed E-state index contributed by atoms with van der Waals surface area (Å²) in [5, 5.41) is 3.39. The van der Waals surface area contributed by atoms with Crippen molar-refractivity contribution in [3.8, 4) is 17.1 Å². The number of rotatable bonds is 4. The summed E-state index contributed by atoms with van der Waals surface area (Å²) >= 11 is 0. The number of aromatic nitrogens is 4. The second-order valence-electron chi connectivity index (χ2n) is 7.98. The summed E-state index contributed by atoms with van der Waals surface area (Å²) in [6.45, 7) is 3.07. The lowest BCUT2D eigenvalue weighted by Crippen LogP contribution is -2.24. The average Bonchev–Trinajstić information content (AvgIpc) is 3.24. The van der Waals surface area contributed by atoms with Gasteiger partial charge in [-0.2, -0.15) is 18.3 Å². The fourth-order valence-electron chi connectivity index (χ4n) is 3.31. The van der Waals surface area contributed by atoms with Crippen LogP contribution in [0.15, 0.2) is 54.7 Å². The van der Waals surface area contributed by atoms with Crippen molar-refractivity contribution in [1.82, 2.24) is 19.7 Å². The third kappa shape index (κ3) is 4.50. The molecule has 0 unspecified atom stereocenters. The lowest BCUT2D eigenvalue weighted by atomic mass is 9.84. The summed E-state index contributed by atoms with van der Waals surface area (Å²) in [4.78, 5) is 8.49. The fraction of sp³-hybridized carbons (Fsp3) is 0.174. The Labute approximate surface area is 188 Å². The highest BCUT2D eigenvalue weighted by molar-refractivity contribution is 5.60. The maximum Gasteiger partial charge on any atom is 0.435 e. The topological polar surface area (TPSA) is 43.6 Å². The van der Waals surface area contributed by atoms with Crippen molar-refractivity contribution < 1.29 is 30.7 Å². The molecule has 4 nitrogen and oxygen atoms in total. The van der Waals surface area contributed by atoms with E-state index in [1.165, 1.54) is 13.8 Å². The molecule has 1 aromatic carbocycles. The van der Waals surface area contributed by atoms with Crippen LogP contribution < -0.4 is 0 Å². The number of halogens is 7. The molecule has 4 rings (SSSR count). The zero-order chi connectivity index (χ0) is 24.8. The molecule has 3 heterocycles. The molecule has 0 aliphatic rings. The molecule has 0 N–H and O–H groups in total. The number of alkyl halides is 3. The standard InChI is InChI=1S/C23H15F7N4/c1-22(2,19-9-13(25)8-17(31-19)15-4-3-12(24)7-16(15)27)20-10-14(26)11-21(32-20)34-6-5-18(33-34)23(28,29)30/h3-11H,1-2H3. The lowest BCUT2D eigenvalue weighted by Gasteiger charge is -2.25. The number of nitrogens with zero attached hydrogens (tertiary/aromatic N) is 4. The van der Waals surface area contributed by atoms with Gasteiger partial charge in [0, 0.05) is 35.4 Å². The minimum Gasteiger partial charge on any atom is -0.252 e. The first-order chi connectivity index (χ1) is 15.8. The van der Waals surface area contributed by atoms with Gasteiger partial charge in [0.05, 0.1) is 17.1 Å². The average molecular weight is 480 g/mol. The smallest absolute Gasteiger partial charge is 0.252 e. The predicted octanol–water partition coefficient (Wildman–Crippen LogP) is 6.23. The first-order valence-corrected chi connectivity index (χ1v) is 9.79. The van der Waals surface area contributed by atoms with E-state index in [0.717, 1.165) is 53.3 Å².